The Bertz CT molecular complexity index is 914. The molecule has 1 N–H and O–H groups in total. The molecular weight excluding hydrogens is 345 g/mol. The van der Waals surface area contributed by atoms with Crippen LogP contribution in [0.4, 0.5) is 0 Å². The first-order valence-electron chi connectivity index (χ1n) is 6.30. The van der Waals surface area contributed by atoms with Crippen molar-refractivity contribution in [2.75, 3.05) is 13.4 Å². The van der Waals surface area contributed by atoms with E-state index in [0.717, 1.165) is 24.2 Å². The number of rotatable bonds is 5. The number of hydrogen-bond donors (Lipinski definition) is 1. The number of benzene rings is 1. The van der Waals surface area contributed by atoms with Gasteiger partial charge in [0.05, 0.1) is 11.6 Å². The topological polar surface area (TPSA) is 129 Å². The molecule has 23 heavy (non-hydrogen) atoms. The molecule has 2 rings (SSSR count). The average Bonchev–Trinajstić information content (AvgIpc) is 2.44. The van der Waals surface area contributed by atoms with Crippen LogP contribution in [0.5, 0.6) is 0 Å². The molecule has 0 spiro atoms. The van der Waals surface area contributed by atoms with E-state index in [0.29, 0.717) is 10.9 Å². The van der Waals surface area contributed by atoms with E-state index in [1.807, 2.05) is 0 Å². The van der Waals surface area contributed by atoms with Gasteiger partial charge in [-0.25, -0.2) is 13.1 Å². The summed E-state index contributed by atoms with van der Waals surface area (Å²) in [7, 11) is -7.02. The monoisotopic (exact) mass is 359 g/mol. The summed E-state index contributed by atoms with van der Waals surface area (Å²) in [6.45, 7) is -0.464. The Balaban J connectivity index is 2.50. The van der Waals surface area contributed by atoms with Crippen LogP contribution in [-0.2, 0) is 30.5 Å². The number of nitrogens with zero attached hydrogens (tertiary/aromatic N) is 2. The van der Waals surface area contributed by atoms with Crippen molar-refractivity contribution in [2.45, 2.75) is 6.54 Å². The Kier molecular flexibility index (Phi) is 4.81. The normalized spacial score (nSPS) is 14.4. The van der Waals surface area contributed by atoms with Crippen LogP contribution in [0.2, 0.25) is 0 Å². The van der Waals surface area contributed by atoms with Gasteiger partial charge in [-0.2, -0.15) is 0 Å². The van der Waals surface area contributed by atoms with Crippen LogP contribution in [-0.4, -0.2) is 32.8 Å². The second-order valence-electron chi connectivity index (χ2n) is 4.71. The molecule has 1 heterocycles. The molecule has 1 aromatic heterocycles. The van der Waals surface area contributed by atoms with Gasteiger partial charge in [-0.1, -0.05) is 22.9 Å². The molecule has 1 amide bonds. The van der Waals surface area contributed by atoms with Gasteiger partial charge in [0.15, 0.2) is 7.60 Å². The number of carbonyl (C=O) groups excluding carboxylic acids is 1. The SMILES string of the molecule is COP(=O)([O-])c1c[n+](CC(=O)NS(C)(=O)=O)nc2ccccc12. The van der Waals surface area contributed by atoms with Gasteiger partial charge in [0, 0.05) is 17.6 Å². The highest BCUT2D eigenvalue weighted by atomic mass is 32.2. The maximum absolute atomic E-state index is 12.0. The Morgan fingerprint density at radius 3 is 2.70 bits per heavy atom. The minimum absolute atomic E-state index is 0.141. The number of hydrogen-bond acceptors (Lipinski definition) is 7. The van der Waals surface area contributed by atoms with Gasteiger partial charge in [-0.05, 0) is 6.07 Å². The summed E-state index contributed by atoms with van der Waals surface area (Å²) in [6, 6.07) is 6.42. The van der Waals surface area contributed by atoms with Crippen molar-refractivity contribution in [1.29, 1.82) is 0 Å². The van der Waals surface area contributed by atoms with Crippen LogP contribution in [0, 0.1) is 0 Å². The highest BCUT2D eigenvalue weighted by Crippen LogP contribution is 2.36. The van der Waals surface area contributed by atoms with Gasteiger partial charge in [-0.15, -0.1) is 0 Å². The van der Waals surface area contributed by atoms with Gasteiger partial charge in [0.2, 0.25) is 16.2 Å². The lowest BCUT2D eigenvalue weighted by Gasteiger charge is -2.20. The fourth-order valence-electron chi connectivity index (χ4n) is 1.94. The van der Waals surface area contributed by atoms with Gasteiger partial charge in [-0.3, -0.25) is 4.79 Å². The number of fused-ring (bicyclic) bond motifs is 1. The molecule has 0 fully saturated rings. The summed E-state index contributed by atoms with van der Waals surface area (Å²) >= 11 is 0. The molecule has 0 radical (unpaired) electrons. The molecular formula is C12H14N3O6PS. The van der Waals surface area contributed by atoms with Crippen molar-refractivity contribution in [2.24, 2.45) is 0 Å². The third-order valence-corrected chi connectivity index (χ3v) is 4.85. The molecule has 0 aliphatic heterocycles. The van der Waals surface area contributed by atoms with Gasteiger partial charge in [0.1, 0.15) is 5.52 Å². The highest BCUT2D eigenvalue weighted by Gasteiger charge is 2.23. The highest BCUT2D eigenvalue weighted by molar-refractivity contribution is 7.89. The Labute approximate surface area is 132 Å². The summed E-state index contributed by atoms with van der Waals surface area (Å²) in [5.74, 6) is -0.843. The summed E-state index contributed by atoms with van der Waals surface area (Å²) < 4.78 is 41.5. The molecule has 1 aromatic carbocycles. The predicted molar refractivity (Wildman–Crippen MR) is 79.2 cm³/mol. The van der Waals surface area contributed by atoms with Crippen molar-refractivity contribution < 1.29 is 31.9 Å². The van der Waals surface area contributed by atoms with Crippen LogP contribution in [0.25, 0.3) is 10.9 Å². The first-order valence-corrected chi connectivity index (χ1v) is 9.73. The predicted octanol–water partition coefficient (Wildman–Crippen LogP) is -1.58. The minimum atomic E-state index is -4.34. The quantitative estimate of drug-likeness (QED) is 0.504. The van der Waals surface area contributed by atoms with Crippen molar-refractivity contribution in [3.05, 3.63) is 30.5 Å². The zero-order valence-electron chi connectivity index (χ0n) is 12.3. The van der Waals surface area contributed by atoms with E-state index in [2.05, 4.69) is 9.62 Å². The van der Waals surface area contributed by atoms with E-state index in [4.69, 9.17) is 0 Å². The zero-order valence-corrected chi connectivity index (χ0v) is 14.0. The lowest BCUT2D eigenvalue weighted by Crippen LogP contribution is -2.48. The first kappa shape index (κ1) is 17.5. The molecule has 0 bridgehead atoms. The molecule has 2 aromatic rings. The lowest BCUT2D eigenvalue weighted by atomic mass is 10.2. The summed E-state index contributed by atoms with van der Waals surface area (Å²) in [5, 5.41) is 4.30. The molecule has 0 saturated heterocycles. The van der Waals surface area contributed by atoms with Crippen LogP contribution >= 0.6 is 7.60 Å². The Morgan fingerprint density at radius 2 is 2.09 bits per heavy atom. The molecule has 11 heteroatoms. The molecule has 0 aliphatic rings. The maximum atomic E-state index is 12.0. The van der Waals surface area contributed by atoms with Crippen molar-refractivity contribution in [3.63, 3.8) is 0 Å². The average molecular weight is 359 g/mol. The maximum Gasteiger partial charge on any atom is 0.301 e. The third kappa shape index (κ3) is 4.32. The van der Waals surface area contributed by atoms with E-state index in [1.165, 1.54) is 0 Å². The van der Waals surface area contributed by atoms with Crippen molar-refractivity contribution >= 4 is 39.7 Å². The van der Waals surface area contributed by atoms with E-state index in [9.17, 15) is 22.7 Å². The van der Waals surface area contributed by atoms with E-state index >= 15 is 0 Å². The Hall–Kier alpha value is -1.87. The van der Waals surface area contributed by atoms with E-state index < -0.39 is 30.1 Å². The lowest BCUT2D eigenvalue weighted by molar-refractivity contribution is -0.739. The number of aromatic nitrogens is 2. The van der Waals surface area contributed by atoms with Crippen molar-refractivity contribution in [3.8, 4) is 0 Å². The second kappa shape index (κ2) is 6.32. The number of sulfonamides is 1. The first-order chi connectivity index (χ1) is 10.6. The fraction of sp³-hybridized carbons (Fsp3) is 0.250. The smallest absolute Gasteiger partial charge is 0.301 e. The largest absolute Gasteiger partial charge is 0.775 e. The standard InChI is InChI=1S/C12H14N3O6PS/c1-21-22(17,18)11-7-15(8-12(16)14-23(2,19)20)13-10-6-4-3-5-9(10)11/h3-7H,8H2,1-2H3,(H-,14,16,17,18). The van der Waals surface area contributed by atoms with E-state index in [-0.39, 0.29) is 5.30 Å². The minimum Gasteiger partial charge on any atom is -0.775 e. The van der Waals surface area contributed by atoms with Crippen molar-refractivity contribution in [1.82, 2.24) is 9.82 Å². The molecule has 1 atom stereocenters. The summed E-state index contributed by atoms with van der Waals surface area (Å²) in [6.07, 6.45) is 1.97. The van der Waals surface area contributed by atoms with Crippen LogP contribution in [0.1, 0.15) is 0 Å². The van der Waals surface area contributed by atoms with Crippen LogP contribution in [0.3, 0.4) is 0 Å². The molecule has 1 unspecified atom stereocenters. The van der Waals surface area contributed by atoms with E-state index in [1.54, 1.807) is 29.0 Å². The van der Waals surface area contributed by atoms with Gasteiger partial charge in [0.25, 0.3) is 6.54 Å². The number of carbonyl (C=O) groups is 1. The van der Waals surface area contributed by atoms with Gasteiger partial charge < -0.3 is 14.0 Å². The van der Waals surface area contributed by atoms with Gasteiger partial charge >= 0.3 is 5.91 Å². The summed E-state index contributed by atoms with van der Waals surface area (Å²) in [5.41, 5.74) is 0.324. The zero-order chi connectivity index (χ0) is 17.3. The number of nitrogens with one attached hydrogen (secondary N) is 1. The fourth-order valence-corrected chi connectivity index (χ4v) is 3.37. The molecule has 0 saturated carbocycles. The second-order valence-corrected chi connectivity index (χ2v) is 8.30. The molecule has 9 nitrogen and oxygen atoms in total. The molecule has 124 valence electrons. The third-order valence-electron chi connectivity index (χ3n) is 2.83. The van der Waals surface area contributed by atoms with Crippen LogP contribution < -0.4 is 19.6 Å². The Morgan fingerprint density at radius 1 is 1.43 bits per heavy atom. The number of amides is 1. The molecule has 0 aliphatic carbocycles. The van der Waals surface area contributed by atoms with Crippen LogP contribution in [0.15, 0.2) is 30.5 Å². The summed E-state index contributed by atoms with van der Waals surface area (Å²) in [4.78, 5) is 23.7.